The minimum Gasteiger partial charge on any atom is -0.334 e. The van der Waals surface area contributed by atoms with Gasteiger partial charge < -0.3 is 10.6 Å². The van der Waals surface area contributed by atoms with E-state index in [1.165, 1.54) is 24.3 Å². The van der Waals surface area contributed by atoms with Crippen LogP contribution in [0, 0.1) is 0 Å². The number of nitrogens with one attached hydrogen (secondary N) is 3. The molecule has 0 saturated heterocycles. The molecule has 10 heteroatoms. The number of aromatic amines is 1. The molecule has 3 aromatic rings. The first-order chi connectivity index (χ1) is 14.5. The summed E-state index contributed by atoms with van der Waals surface area (Å²) in [5.41, 5.74) is 3.49. The Balaban J connectivity index is 1.39. The Labute approximate surface area is 173 Å². The molecule has 0 fully saturated rings. The number of sulfonamides is 1. The minimum atomic E-state index is -3.87. The second kappa shape index (κ2) is 8.29. The number of nitrogens with zero attached hydrogens (tertiary/aromatic N) is 3. The summed E-state index contributed by atoms with van der Waals surface area (Å²) in [4.78, 5) is 16.0. The summed E-state index contributed by atoms with van der Waals surface area (Å²) in [5, 5.41) is 12.1. The van der Waals surface area contributed by atoms with E-state index >= 15 is 0 Å². The van der Waals surface area contributed by atoms with Gasteiger partial charge in [-0.15, -0.1) is 0 Å². The summed E-state index contributed by atoms with van der Waals surface area (Å²) in [6.45, 7) is 0.329. The highest BCUT2D eigenvalue weighted by Gasteiger charge is 2.17. The van der Waals surface area contributed by atoms with E-state index < -0.39 is 16.1 Å². The summed E-state index contributed by atoms with van der Waals surface area (Å²) in [6.07, 6.45) is 8.79. The first-order valence-electron chi connectivity index (χ1n) is 9.07. The zero-order valence-corrected chi connectivity index (χ0v) is 16.6. The lowest BCUT2D eigenvalue weighted by Crippen LogP contribution is -2.28. The van der Waals surface area contributed by atoms with Crippen molar-refractivity contribution in [1.29, 1.82) is 0 Å². The molecule has 152 valence electrons. The van der Waals surface area contributed by atoms with Crippen molar-refractivity contribution in [1.82, 2.24) is 20.5 Å². The van der Waals surface area contributed by atoms with Crippen molar-refractivity contribution >= 4 is 33.5 Å². The van der Waals surface area contributed by atoms with Crippen molar-refractivity contribution in [2.75, 3.05) is 5.32 Å². The number of fused-ring (bicyclic) bond motifs is 1. The summed E-state index contributed by atoms with van der Waals surface area (Å²) in [5.74, 6) is 0. The number of urea groups is 1. The predicted molar refractivity (Wildman–Crippen MR) is 112 cm³/mol. The maximum atomic E-state index is 12.6. The lowest BCUT2D eigenvalue weighted by atomic mass is 10.0. The highest BCUT2D eigenvalue weighted by molar-refractivity contribution is 7.90. The van der Waals surface area contributed by atoms with E-state index in [2.05, 4.69) is 30.2 Å². The largest absolute Gasteiger partial charge is 0.334 e. The monoisotopic (exact) mass is 422 g/mol. The van der Waals surface area contributed by atoms with Crippen LogP contribution in [-0.2, 0) is 23.0 Å². The van der Waals surface area contributed by atoms with Crippen molar-refractivity contribution < 1.29 is 13.2 Å². The molecular formula is C20H18N6O3S. The molecule has 30 heavy (non-hydrogen) atoms. The molecule has 2 amide bonds. The van der Waals surface area contributed by atoms with Crippen molar-refractivity contribution in [3.05, 3.63) is 77.9 Å². The first-order valence-corrected chi connectivity index (χ1v) is 10.5. The second-order valence-electron chi connectivity index (χ2n) is 6.57. The lowest BCUT2D eigenvalue weighted by molar-refractivity contribution is 0.251. The average molecular weight is 422 g/mol. The van der Waals surface area contributed by atoms with Crippen molar-refractivity contribution in [3.8, 4) is 0 Å². The number of amides is 2. The number of carbonyl (C=O) groups is 1. The van der Waals surface area contributed by atoms with Gasteiger partial charge in [0.1, 0.15) is 0 Å². The molecule has 0 unspecified atom stereocenters. The third-order valence-corrected chi connectivity index (χ3v) is 5.73. The highest BCUT2D eigenvalue weighted by Crippen LogP contribution is 2.19. The van der Waals surface area contributed by atoms with Gasteiger partial charge in [-0.2, -0.15) is 17.9 Å². The summed E-state index contributed by atoms with van der Waals surface area (Å²) in [7, 11) is -3.87. The van der Waals surface area contributed by atoms with Crippen LogP contribution in [0.15, 0.2) is 70.4 Å². The van der Waals surface area contributed by atoms with Crippen LogP contribution < -0.4 is 10.6 Å². The summed E-state index contributed by atoms with van der Waals surface area (Å²) in [6, 6.07) is 9.07. The Kier molecular flexibility index (Phi) is 5.40. The molecule has 9 nitrogen and oxygen atoms in total. The Bertz CT molecular complexity index is 1210. The van der Waals surface area contributed by atoms with Crippen LogP contribution >= 0.6 is 0 Å². The molecule has 0 spiro atoms. The third kappa shape index (κ3) is 4.61. The molecule has 1 aliphatic carbocycles. The number of pyridine rings is 1. The van der Waals surface area contributed by atoms with Crippen LogP contribution in [0.4, 0.5) is 10.5 Å². The van der Waals surface area contributed by atoms with E-state index in [0.717, 1.165) is 16.8 Å². The van der Waals surface area contributed by atoms with E-state index in [1.807, 2.05) is 6.07 Å². The molecule has 0 saturated carbocycles. The molecule has 1 aliphatic rings. The van der Waals surface area contributed by atoms with Gasteiger partial charge in [0, 0.05) is 42.3 Å². The van der Waals surface area contributed by atoms with Gasteiger partial charge in [0.2, 0.25) is 0 Å². The van der Waals surface area contributed by atoms with Crippen molar-refractivity contribution in [2.24, 2.45) is 4.40 Å². The van der Waals surface area contributed by atoms with E-state index in [4.69, 9.17) is 0 Å². The van der Waals surface area contributed by atoms with E-state index in [1.54, 1.807) is 36.8 Å². The Morgan fingerprint density at radius 1 is 1.13 bits per heavy atom. The summed E-state index contributed by atoms with van der Waals surface area (Å²) < 4.78 is 29.1. The number of allylic oxidation sites excluding steroid dienone is 1. The molecule has 0 bridgehead atoms. The van der Waals surface area contributed by atoms with Gasteiger partial charge >= 0.3 is 6.03 Å². The minimum absolute atomic E-state index is 0.0418. The van der Waals surface area contributed by atoms with Gasteiger partial charge in [-0.1, -0.05) is 6.07 Å². The van der Waals surface area contributed by atoms with Crippen molar-refractivity contribution in [3.63, 3.8) is 0 Å². The Morgan fingerprint density at radius 3 is 2.73 bits per heavy atom. The number of hydrogen-bond acceptors (Lipinski definition) is 5. The SMILES string of the molecule is O=C(NCc1cccnc1)Nc1ccc(S(=O)(=O)N=C2C=Cc3cn[nH]c3C2)cc1. The van der Waals surface area contributed by atoms with Gasteiger partial charge in [-0.05, 0) is 48.0 Å². The standard InChI is InChI=1S/C20H18N6O3S/c27-20(22-12-14-2-1-9-21-11-14)24-16-5-7-18(8-6-16)30(28,29)26-17-4-3-15-13-23-25-19(15)10-17/h1-9,11,13H,10,12H2,(H,23,25)(H2,22,24,27). The third-order valence-electron chi connectivity index (χ3n) is 4.39. The molecule has 0 atom stereocenters. The summed E-state index contributed by atoms with van der Waals surface area (Å²) >= 11 is 0. The maximum absolute atomic E-state index is 12.6. The predicted octanol–water partition coefficient (Wildman–Crippen LogP) is 2.53. The fraction of sp³-hybridized carbons (Fsp3) is 0.100. The lowest BCUT2D eigenvalue weighted by Gasteiger charge is -2.09. The quantitative estimate of drug-likeness (QED) is 0.582. The number of benzene rings is 1. The molecule has 2 heterocycles. The Morgan fingerprint density at radius 2 is 1.97 bits per heavy atom. The van der Waals surface area contributed by atoms with Crippen LogP contribution in [0.1, 0.15) is 16.8 Å². The van der Waals surface area contributed by atoms with Gasteiger partial charge in [0.05, 0.1) is 16.8 Å². The second-order valence-corrected chi connectivity index (χ2v) is 8.17. The molecular weight excluding hydrogens is 404 g/mol. The smallest absolute Gasteiger partial charge is 0.319 e. The fourth-order valence-corrected chi connectivity index (χ4v) is 3.89. The maximum Gasteiger partial charge on any atom is 0.319 e. The zero-order chi connectivity index (χ0) is 21.0. The van der Waals surface area contributed by atoms with Crippen LogP contribution in [0.3, 0.4) is 0 Å². The fourth-order valence-electron chi connectivity index (χ4n) is 2.87. The van der Waals surface area contributed by atoms with E-state index in [9.17, 15) is 13.2 Å². The number of carbonyl (C=O) groups excluding carboxylic acids is 1. The molecule has 2 aromatic heterocycles. The number of hydrogen-bond donors (Lipinski definition) is 3. The number of anilines is 1. The van der Waals surface area contributed by atoms with Crippen LogP contribution in [0.25, 0.3) is 6.08 Å². The van der Waals surface area contributed by atoms with Crippen molar-refractivity contribution in [2.45, 2.75) is 17.9 Å². The van der Waals surface area contributed by atoms with E-state index in [-0.39, 0.29) is 4.90 Å². The molecule has 0 radical (unpaired) electrons. The van der Waals surface area contributed by atoms with Gasteiger partial charge in [0.15, 0.2) is 0 Å². The Hall–Kier alpha value is -3.79. The first kappa shape index (κ1) is 19.5. The molecule has 1 aromatic carbocycles. The molecule has 3 N–H and O–H groups in total. The van der Waals surface area contributed by atoms with Crippen LogP contribution in [0.5, 0.6) is 0 Å². The van der Waals surface area contributed by atoms with Gasteiger partial charge in [0.25, 0.3) is 10.0 Å². The zero-order valence-electron chi connectivity index (χ0n) is 15.7. The van der Waals surface area contributed by atoms with Crippen LogP contribution in [0.2, 0.25) is 0 Å². The highest BCUT2D eigenvalue weighted by atomic mass is 32.2. The number of H-pyrrole nitrogens is 1. The van der Waals surface area contributed by atoms with Gasteiger partial charge in [-0.25, -0.2) is 4.79 Å². The van der Waals surface area contributed by atoms with Crippen LogP contribution in [-0.4, -0.2) is 35.3 Å². The average Bonchev–Trinajstić information content (AvgIpc) is 3.21. The normalized spacial score (nSPS) is 14.3. The van der Waals surface area contributed by atoms with E-state index in [0.29, 0.717) is 24.4 Å². The number of rotatable bonds is 5. The molecule has 4 rings (SSSR count). The van der Waals surface area contributed by atoms with Gasteiger partial charge in [-0.3, -0.25) is 10.1 Å². The number of aromatic nitrogens is 3. The topological polar surface area (TPSA) is 129 Å². The molecule has 0 aliphatic heterocycles.